The van der Waals surface area contributed by atoms with Gasteiger partial charge in [-0.05, 0) is 51.0 Å². The van der Waals surface area contributed by atoms with Crippen molar-refractivity contribution in [2.75, 3.05) is 38.0 Å². The lowest BCUT2D eigenvalue weighted by Gasteiger charge is -2.23. The lowest BCUT2D eigenvalue weighted by atomic mass is 10.1. The van der Waals surface area contributed by atoms with E-state index in [0.29, 0.717) is 5.82 Å². The maximum absolute atomic E-state index is 4.83. The Morgan fingerprint density at radius 3 is 2.77 bits per heavy atom. The molecule has 0 aromatic carbocycles. The van der Waals surface area contributed by atoms with Crippen molar-refractivity contribution < 1.29 is 0 Å². The molecular formula is C20H28N6. The van der Waals surface area contributed by atoms with E-state index in [2.05, 4.69) is 20.5 Å². The fourth-order valence-corrected chi connectivity index (χ4v) is 3.81. The predicted molar refractivity (Wildman–Crippen MR) is 104 cm³/mol. The molecule has 2 aliphatic heterocycles. The standard InChI is InChI=1S/C20H28N6/c1-2-6-13-26(12-5-1)14-11-23-19-16-8-10-21-15-18(16)24-20(25-19)17-7-3-4-9-22-17/h3-4,7,9,21H,1-2,5-6,8,10-15H2,(H,23,24,25). The van der Waals surface area contributed by atoms with Gasteiger partial charge in [0, 0.05) is 31.4 Å². The number of nitrogens with zero attached hydrogens (tertiary/aromatic N) is 4. The van der Waals surface area contributed by atoms with E-state index in [-0.39, 0.29) is 0 Å². The zero-order valence-corrected chi connectivity index (χ0v) is 15.4. The molecule has 26 heavy (non-hydrogen) atoms. The molecule has 0 atom stereocenters. The van der Waals surface area contributed by atoms with Crippen molar-refractivity contribution in [1.82, 2.24) is 25.2 Å². The molecule has 2 aliphatic rings. The van der Waals surface area contributed by atoms with Gasteiger partial charge < -0.3 is 15.5 Å². The number of rotatable bonds is 5. The van der Waals surface area contributed by atoms with Crippen molar-refractivity contribution in [2.45, 2.75) is 38.6 Å². The molecule has 0 spiro atoms. The highest BCUT2D eigenvalue weighted by molar-refractivity contribution is 5.57. The number of hydrogen-bond acceptors (Lipinski definition) is 6. The number of aromatic nitrogens is 3. The molecule has 6 heteroatoms. The molecule has 0 aliphatic carbocycles. The van der Waals surface area contributed by atoms with Crippen LogP contribution in [0.1, 0.15) is 36.9 Å². The number of hydrogen-bond donors (Lipinski definition) is 2. The van der Waals surface area contributed by atoms with E-state index in [1.807, 2.05) is 18.2 Å². The van der Waals surface area contributed by atoms with Crippen molar-refractivity contribution in [3.8, 4) is 11.5 Å². The number of likely N-dealkylation sites (tertiary alicyclic amines) is 1. The Labute approximate surface area is 155 Å². The van der Waals surface area contributed by atoms with E-state index in [0.717, 1.165) is 49.8 Å². The van der Waals surface area contributed by atoms with Gasteiger partial charge in [-0.25, -0.2) is 9.97 Å². The predicted octanol–water partition coefficient (Wildman–Crippen LogP) is 2.47. The minimum Gasteiger partial charge on any atom is -0.368 e. The summed E-state index contributed by atoms with van der Waals surface area (Å²) in [6.45, 7) is 6.26. The Morgan fingerprint density at radius 2 is 1.96 bits per heavy atom. The first-order valence-corrected chi connectivity index (χ1v) is 9.88. The molecule has 6 nitrogen and oxygen atoms in total. The molecule has 2 aromatic rings. The number of anilines is 1. The molecule has 1 saturated heterocycles. The van der Waals surface area contributed by atoms with Crippen molar-refractivity contribution >= 4 is 5.82 Å². The molecule has 2 N–H and O–H groups in total. The molecule has 0 saturated carbocycles. The highest BCUT2D eigenvalue weighted by atomic mass is 15.1. The van der Waals surface area contributed by atoms with Gasteiger partial charge in [0.2, 0.25) is 0 Å². The van der Waals surface area contributed by atoms with E-state index in [1.54, 1.807) is 6.20 Å². The van der Waals surface area contributed by atoms with Crippen LogP contribution < -0.4 is 10.6 Å². The molecule has 2 aromatic heterocycles. The summed E-state index contributed by atoms with van der Waals surface area (Å²) >= 11 is 0. The first-order valence-electron chi connectivity index (χ1n) is 9.88. The van der Waals surface area contributed by atoms with Gasteiger partial charge in [-0.3, -0.25) is 4.98 Å². The van der Waals surface area contributed by atoms with Crippen molar-refractivity contribution in [3.05, 3.63) is 35.7 Å². The fourth-order valence-electron chi connectivity index (χ4n) is 3.81. The van der Waals surface area contributed by atoms with E-state index in [4.69, 9.17) is 9.97 Å². The third-order valence-corrected chi connectivity index (χ3v) is 5.25. The Morgan fingerprint density at radius 1 is 1.08 bits per heavy atom. The summed E-state index contributed by atoms with van der Waals surface area (Å²) in [6, 6.07) is 5.87. The van der Waals surface area contributed by atoms with Gasteiger partial charge in [0.15, 0.2) is 5.82 Å². The fraction of sp³-hybridized carbons (Fsp3) is 0.550. The van der Waals surface area contributed by atoms with Gasteiger partial charge in [-0.2, -0.15) is 0 Å². The highest BCUT2D eigenvalue weighted by Gasteiger charge is 2.18. The van der Waals surface area contributed by atoms with Gasteiger partial charge in [-0.15, -0.1) is 0 Å². The molecule has 0 unspecified atom stereocenters. The minimum atomic E-state index is 0.713. The van der Waals surface area contributed by atoms with Gasteiger partial charge in [0.05, 0.1) is 5.69 Å². The van der Waals surface area contributed by atoms with Crippen LogP contribution in [0.25, 0.3) is 11.5 Å². The summed E-state index contributed by atoms with van der Waals surface area (Å²) in [5.41, 5.74) is 3.19. The zero-order valence-electron chi connectivity index (χ0n) is 15.4. The summed E-state index contributed by atoms with van der Waals surface area (Å²) in [4.78, 5) is 16.6. The summed E-state index contributed by atoms with van der Waals surface area (Å²) in [5.74, 6) is 1.71. The topological polar surface area (TPSA) is 66.0 Å². The van der Waals surface area contributed by atoms with Crippen molar-refractivity contribution in [2.24, 2.45) is 0 Å². The number of pyridine rings is 1. The van der Waals surface area contributed by atoms with Crippen LogP contribution in [-0.4, -0.2) is 52.6 Å². The first kappa shape index (κ1) is 17.4. The second-order valence-corrected chi connectivity index (χ2v) is 7.15. The summed E-state index contributed by atoms with van der Waals surface area (Å²) in [6.07, 6.45) is 8.19. The van der Waals surface area contributed by atoms with Crippen molar-refractivity contribution in [3.63, 3.8) is 0 Å². The second-order valence-electron chi connectivity index (χ2n) is 7.15. The molecule has 1 fully saturated rings. The van der Waals surface area contributed by atoms with E-state index >= 15 is 0 Å². The van der Waals surface area contributed by atoms with E-state index in [9.17, 15) is 0 Å². The van der Waals surface area contributed by atoms with Crippen LogP contribution in [0, 0.1) is 0 Å². The van der Waals surface area contributed by atoms with Crippen LogP contribution in [0.5, 0.6) is 0 Å². The highest BCUT2D eigenvalue weighted by Crippen LogP contribution is 2.24. The van der Waals surface area contributed by atoms with Crippen LogP contribution in [0.3, 0.4) is 0 Å². The maximum atomic E-state index is 4.83. The largest absolute Gasteiger partial charge is 0.368 e. The molecule has 138 valence electrons. The molecule has 0 amide bonds. The lowest BCUT2D eigenvalue weighted by Crippen LogP contribution is -2.31. The van der Waals surface area contributed by atoms with Crippen LogP contribution in [0.15, 0.2) is 24.4 Å². The second kappa shape index (κ2) is 8.56. The summed E-state index contributed by atoms with van der Waals surface area (Å²) in [5, 5.41) is 7.02. The molecule has 4 rings (SSSR count). The Kier molecular flexibility index (Phi) is 5.72. The zero-order chi connectivity index (χ0) is 17.6. The number of nitrogens with one attached hydrogen (secondary N) is 2. The van der Waals surface area contributed by atoms with Gasteiger partial charge in [0.25, 0.3) is 0 Å². The SMILES string of the molecule is c1ccc(-c2nc3c(c(NCCN4CCCCCC4)n2)CCNC3)nc1. The van der Waals surface area contributed by atoms with Gasteiger partial charge in [0.1, 0.15) is 11.5 Å². The summed E-state index contributed by atoms with van der Waals surface area (Å²) < 4.78 is 0. The van der Waals surface area contributed by atoms with Crippen LogP contribution in [-0.2, 0) is 13.0 Å². The monoisotopic (exact) mass is 352 g/mol. The average molecular weight is 352 g/mol. The Balaban J connectivity index is 1.50. The average Bonchev–Trinajstić information content (AvgIpc) is 2.97. The Hall–Kier alpha value is -2.05. The molecule has 4 heterocycles. The lowest BCUT2D eigenvalue weighted by molar-refractivity contribution is 0.296. The molecular weight excluding hydrogens is 324 g/mol. The third-order valence-electron chi connectivity index (χ3n) is 5.25. The molecule has 0 bridgehead atoms. The normalized spacial score (nSPS) is 18.2. The van der Waals surface area contributed by atoms with E-state index in [1.165, 1.54) is 44.3 Å². The quantitative estimate of drug-likeness (QED) is 0.862. The third kappa shape index (κ3) is 4.19. The van der Waals surface area contributed by atoms with Crippen LogP contribution >= 0.6 is 0 Å². The van der Waals surface area contributed by atoms with Gasteiger partial charge in [-0.1, -0.05) is 18.9 Å². The minimum absolute atomic E-state index is 0.713. The maximum Gasteiger partial charge on any atom is 0.180 e. The smallest absolute Gasteiger partial charge is 0.180 e. The number of fused-ring (bicyclic) bond motifs is 1. The van der Waals surface area contributed by atoms with Crippen molar-refractivity contribution in [1.29, 1.82) is 0 Å². The van der Waals surface area contributed by atoms with Gasteiger partial charge >= 0.3 is 0 Å². The Bertz CT molecular complexity index is 710. The first-order chi connectivity index (χ1) is 12.9. The van der Waals surface area contributed by atoms with Crippen LogP contribution in [0.2, 0.25) is 0 Å². The van der Waals surface area contributed by atoms with E-state index < -0.39 is 0 Å². The summed E-state index contributed by atoms with van der Waals surface area (Å²) in [7, 11) is 0. The van der Waals surface area contributed by atoms with Crippen LogP contribution in [0.4, 0.5) is 5.82 Å². The molecule has 0 radical (unpaired) electrons.